The smallest absolute Gasteiger partial charge is 0.254 e. The van der Waals surface area contributed by atoms with Crippen molar-refractivity contribution < 1.29 is 14.7 Å². The van der Waals surface area contributed by atoms with Crippen molar-refractivity contribution in [2.45, 2.75) is 20.0 Å². The summed E-state index contributed by atoms with van der Waals surface area (Å²) in [5.74, 6) is -0.0614. The number of morpholine rings is 1. The molecular weight excluding hydrogens is 258 g/mol. The average molecular weight is 277 g/mol. The maximum absolute atomic E-state index is 12.6. The van der Waals surface area contributed by atoms with Gasteiger partial charge in [-0.1, -0.05) is 22.9 Å². The van der Waals surface area contributed by atoms with Crippen molar-refractivity contribution >= 4 is 11.7 Å². The minimum atomic E-state index is -0.553. The van der Waals surface area contributed by atoms with Crippen LogP contribution in [0.5, 0.6) is 0 Å². The van der Waals surface area contributed by atoms with E-state index in [1.54, 1.807) is 4.90 Å². The highest BCUT2D eigenvalue weighted by Crippen LogP contribution is 2.16. The van der Waals surface area contributed by atoms with Crippen LogP contribution in [-0.2, 0) is 4.74 Å². The van der Waals surface area contributed by atoms with Gasteiger partial charge in [0.15, 0.2) is 5.84 Å². The summed E-state index contributed by atoms with van der Waals surface area (Å²) < 4.78 is 5.39. The minimum absolute atomic E-state index is 0.0107. The summed E-state index contributed by atoms with van der Waals surface area (Å²) in [6.07, 6.45) is -0.553. The number of benzene rings is 1. The number of rotatable bonds is 2. The Kier molecular flexibility index (Phi) is 4.24. The number of amides is 1. The first kappa shape index (κ1) is 14.3. The molecule has 1 atom stereocenters. The number of carbonyl (C=O) groups excluding carboxylic acids is 1. The van der Waals surface area contributed by atoms with Crippen LogP contribution in [0.2, 0.25) is 0 Å². The van der Waals surface area contributed by atoms with Crippen molar-refractivity contribution in [3.8, 4) is 0 Å². The van der Waals surface area contributed by atoms with Gasteiger partial charge in [0.05, 0.1) is 13.2 Å². The van der Waals surface area contributed by atoms with Gasteiger partial charge in [-0.3, -0.25) is 4.79 Å². The molecule has 6 nitrogen and oxygen atoms in total. The van der Waals surface area contributed by atoms with E-state index in [0.717, 1.165) is 11.1 Å². The van der Waals surface area contributed by atoms with Crippen LogP contribution >= 0.6 is 0 Å². The largest absolute Gasteiger partial charge is 0.409 e. The van der Waals surface area contributed by atoms with Gasteiger partial charge in [0.1, 0.15) is 6.10 Å². The lowest BCUT2D eigenvalue weighted by molar-refractivity contribution is 0.00672. The van der Waals surface area contributed by atoms with Crippen LogP contribution in [0, 0.1) is 13.8 Å². The first-order valence-corrected chi connectivity index (χ1v) is 6.48. The molecule has 1 aliphatic heterocycles. The summed E-state index contributed by atoms with van der Waals surface area (Å²) in [5, 5.41) is 11.6. The Balaban J connectivity index is 2.18. The monoisotopic (exact) mass is 277 g/mol. The summed E-state index contributed by atoms with van der Waals surface area (Å²) in [6.45, 7) is 5.03. The summed E-state index contributed by atoms with van der Waals surface area (Å²) in [7, 11) is 0. The van der Waals surface area contributed by atoms with Gasteiger partial charge < -0.3 is 20.6 Å². The zero-order chi connectivity index (χ0) is 14.7. The fourth-order valence-corrected chi connectivity index (χ4v) is 2.21. The van der Waals surface area contributed by atoms with E-state index >= 15 is 0 Å². The molecule has 0 aromatic heterocycles. The first-order chi connectivity index (χ1) is 9.52. The third-order valence-electron chi connectivity index (χ3n) is 3.42. The summed E-state index contributed by atoms with van der Waals surface area (Å²) in [5.41, 5.74) is 8.20. The lowest BCUT2D eigenvalue weighted by atomic mass is 10.0. The van der Waals surface area contributed by atoms with Gasteiger partial charge in [0, 0.05) is 12.1 Å². The highest BCUT2D eigenvalue weighted by Gasteiger charge is 2.28. The molecule has 0 bridgehead atoms. The van der Waals surface area contributed by atoms with Crippen LogP contribution in [0.4, 0.5) is 0 Å². The molecule has 1 aromatic carbocycles. The summed E-state index contributed by atoms with van der Waals surface area (Å²) in [4.78, 5) is 14.2. The Hall–Kier alpha value is -2.08. The van der Waals surface area contributed by atoms with Gasteiger partial charge >= 0.3 is 0 Å². The second-order valence-electron chi connectivity index (χ2n) is 4.95. The Bertz CT molecular complexity index is 542. The van der Waals surface area contributed by atoms with Gasteiger partial charge in [0.25, 0.3) is 5.91 Å². The molecule has 1 heterocycles. The second kappa shape index (κ2) is 5.92. The molecule has 1 aromatic rings. The maximum Gasteiger partial charge on any atom is 0.254 e. The third-order valence-corrected chi connectivity index (χ3v) is 3.42. The Morgan fingerprint density at radius 3 is 2.95 bits per heavy atom. The van der Waals surface area contributed by atoms with Gasteiger partial charge in [-0.15, -0.1) is 0 Å². The van der Waals surface area contributed by atoms with Crippen LogP contribution in [0.25, 0.3) is 0 Å². The Morgan fingerprint density at radius 2 is 2.25 bits per heavy atom. The predicted octanol–water partition coefficient (Wildman–Crippen LogP) is 0.891. The molecule has 1 aliphatic rings. The highest BCUT2D eigenvalue weighted by molar-refractivity contribution is 5.96. The van der Waals surface area contributed by atoms with Crippen molar-refractivity contribution in [3.05, 3.63) is 34.9 Å². The predicted molar refractivity (Wildman–Crippen MR) is 75.0 cm³/mol. The third kappa shape index (κ3) is 2.91. The van der Waals surface area contributed by atoms with Gasteiger partial charge in [-0.2, -0.15) is 0 Å². The van der Waals surface area contributed by atoms with Crippen molar-refractivity contribution in [2.24, 2.45) is 10.9 Å². The average Bonchev–Trinajstić information content (AvgIpc) is 2.48. The molecule has 1 fully saturated rings. The number of nitrogens with two attached hydrogens (primary N) is 1. The van der Waals surface area contributed by atoms with Crippen LogP contribution in [0.3, 0.4) is 0 Å². The van der Waals surface area contributed by atoms with Crippen molar-refractivity contribution in [3.63, 3.8) is 0 Å². The maximum atomic E-state index is 12.6. The number of ether oxygens (including phenoxy) is 1. The number of amidine groups is 1. The molecule has 0 aliphatic carbocycles. The number of aryl methyl sites for hydroxylation is 2. The van der Waals surface area contributed by atoms with Crippen LogP contribution in [-0.4, -0.2) is 47.7 Å². The highest BCUT2D eigenvalue weighted by atomic mass is 16.5. The van der Waals surface area contributed by atoms with Crippen molar-refractivity contribution in [2.75, 3.05) is 19.7 Å². The molecule has 6 heteroatoms. The molecule has 20 heavy (non-hydrogen) atoms. The topological polar surface area (TPSA) is 88.2 Å². The zero-order valence-corrected chi connectivity index (χ0v) is 11.7. The molecule has 0 saturated carbocycles. The van der Waals surface area contributed by atoms with E-state index in [9.17, 15) is 4.79 Å². The molecule has 0 spiro atoms. The summed E-state index contributed by atoms with van der Waals surface area (Å²) in [6, 6.07) is 5.79. The molecule has 2 rings (SSSR count). The first-order valence-electron chi connectivity index (χ1n) is 6.48. The molecule has 1 saturated heterocycles. The van der Waals surface area contributed by atoms with E-state index in [1.807, 2.05) is 32.0 Å². The molecular formula is C14H19N3O3. The van der Waals surface area contributed by atoms with E-state index in [4.69, 9.17) is 15.7 Å². The van der Waals surface area contributed by atoms with Crippen LogP contribution in [0.15, 0.2) is 23.4 Å². The Morgan fingerprint density at radius 1 is 1.50 bits per heavy atom. The number of hydrogen-bond acceptors (Lipinski definition) is 4. The van der Waals surface area contributed by atoms with E-state index < -0.39 is 6.10 Å². The molecule has 1 unspecified atom stereocenters. The summed E-state index contributed by atoms with van der Waals surface area (Å²) >= 11 is 0. The molecule has 0 radical (unpaired) electrons. The molecule has 1 amide bonds. The number of hydrogen-bond donors (Lipinski definition) is 2. The minimum Gasteiger partial charge on any atom is -0.409 e. The van der Waals surface area contributed by atoms with Gasteiger partial charge in [0.2, 0.25) is 0 Å². The normalized spacial score (nSPS) is 20.0. The quantitative estimate of drug-likeness (QED) is 0.364. The number of oxime groups is 1. The van der Waals surface area contributed by atoms with E-state index in [0.29, 0.717) is 25.3 Å². The Labute approximate surface area is 117 Å². The lowest BCUT2D eigenvalue weighted by Gasteiger charge is -2.32. The van der Waals surface area contributed by atoms with Crippen molar-refractivity contribution in [1.29, 1.82) is 0 Å². The fraction of sp³-hybridized carbons (Fsp3) is 0.429. The van der Waals surface area contributed by atoms with Crippen molar-refractivity contribution in [1.82, 2.24) is 4.90 Å². The standard InChI is InChI=1S/C14H19N3O3/c1-9-3-4-10(2)11(7-9)14(18)17-5-6-20-12(8-17)13(15)16-19/h3-4,7,12,19H,5-6,8H2,1-2H3,(H2,15,16). The van der Waals surface area contributed by atoms with Gasteiger partial charge in [-0.05, 0) is 25.5 Å². The second-order valence-corrected chi connectivity index (χ2v) is 4.95. The van der Waals surface area contributed by atoms with E-state index in [1.165, 1.54) is 0 Å². The number of carbonyl (C=O) groups is 1. The van der Waals surface area contributed by atoms with E-state index in [-0.39, 0.29) is 11.7 Å². The van der Waals surface area contributed by atoms with Crippen LogP contribution in [0.1, 0.15) is 21.5 Å². The number of nitrogens with zero attached hydrogens (tertiary/aromatic N) is 2. The lowest BCUT2D eigenvalue weighted by Crippen LogP contribution is -2.50. The SMILES string of the molecule is Cc1ccc(C)c(C(=O)N2CCOC(C(N)=NO)C2)c1. The molecule has 3 N–H and O–H groups in total. The zero-order valence-electron chi connectivity index (χ0n) is 11.7. The fourth-order valence-electron chi connectivity index (χ4n) is 2.21. The van der Waals surface area contributed by atoms with Crippen LogP contribution < -0.4 is 5.73 Å². The molecule has 108 valence electrons. The van der Waals surface area contributed by atoms with E-state index in [2.05, 4.69) is 5.16 Å². The van der Waals surface area contributed by atoms with Gasteiger partial charge in [-0.25, -0.2) is 0 Å².